The van der Waals surface area contributed by atoms with E-state index in [-0.39, 0.29) is 0 Å². The first-order chi connectivity index (χ1) is 14.3. The molecule has 0 spiro atoms. The molecule has 2 unspecified atom stereocenters. The first-order valence-electron chi connectivity index (χ1n) is 9.11. The molecule has 0 aromatic carbocycles. The van der Waals surface area contributed by atoms with Crippen LogP contribution in [0.3, 0.4) is 0 Å². The summed E-state index contributed by atoms with van der Waals surface area (Å²) in [5, 5.41) is 0. The lowest BCUT2D eigenvalue weighted by Gasteiger charge is -2.25. The Kier molecular flexibility index (Phi) is 12.5. The Labute approximate surface area is 182 Å². The first-order valence-corrected chi connectivity index (χ1v) is 12.0. The zero-order chi connectivity index (χ0) is 25.4. The molecule has 8 nitrogen and oxygen atoms in total. The van der Waals surface area contributed by atoms with Gasteiger partial charge < -0.3 is 0 Å². The third kappa shape index (κ3) is 13.2. The van der Waals surface area contributed by atoms with E-state index in [1.165, 1.54) is 0 Å². The molecule has 16 heteroatoms. The van der Waals surface area contributed by atoms with Gasteiger partial charge in [-0.3, -0.25) is 27.1 Å². The Hall–Kier alpha value is -0.640. The van der Waals surface area contributed by atoms with E-state index in [0.717, 1.165) is 0 Å². The second-order valence-electron chi connectivity index (χ2n) is 6.68. The highest BCUT2D eigenvalue weighted by Crippen LogP contribution is 2.54. The normalized spacial score (nSPS) is 17.1. The van der Waals surface area contributed by atoms with Gasteiger partial charge in [0.1, 0.15) is 13.2 Å². The third-order valence-electron chi connectivity index (χ3n) is 2.89. The van der Waals surface area contributed by atoms with Crippen LogP contribution in [0.1, 0.15) is 41.5 Å². The van der Waals surface area contributed by atoms with Crippen molar-refractivity contribution in [3.8, 4) is 11.8 Å². The fraction of sp³-hybridized carbons (Fsp3) is 0.875. The number of alkyl halides is 6. The molecule has 0 aliphatic heterocycles. The fourth-order valence-electron chi connectivity index (χ4n) is 1.52. The monoisotopic (exact) mass is 522 g/mol. The van der Waals surface area contributed by atoms with Gasteiger partial charge in [0, 0.05) is 0 Å². The van der Waals surface area contributed by atoms with Crippen molar-refractivity contribution in [2.75, 3.05) is 13.2 Å². The molecule has 0 aromatic heterocycles. The summed E-state index contributed by atoms with van der Waals surface area (Å²) in [5.41, 5.74) is 0. The number of phosphoric acid groups is 2. The summed E-state index contributed by atoms with van der Waals surface area (Å²) in [4.78, 5) is 0. The molecule has 190 valence electrons. The SMILES string of the molecule is CC(C)OP(=O)(OCC#CCOP(=O)(OC(C)C(F)(F)F)OC(C)C(F)(F)F)OC(C)C. The smallest absolute Gasteiger partial charge is 0.284 e. The van der Waals surface area contributed by atoms with Crippen LogP contribution in [0.4, 0.5) is 26.3 Å². The van der Waals surface area contributed by atoms with Gasteiger partial charge in [-0.25, -0.2) is 9.13 Å². The van der Waals surface area contributed by atoms with Crippen molar-refractivity contribution < 1.29 is 62.6 Å². The molecule has 0 aromatic rings. The van der Waals surface area contributed by atoms with E-state index in [2.05, 4.69) is 25.4 Å². The molecule has 0 fully saturated rings. The van der Waals surface area contributed by atoms with E-state index >= 15 is 0 Å². The molecule has 0 aliphatic rings. The zero-order valence-corrected chi connectivity index (χ0v) is 19.9. The van der Waals surface area contributed by atoms with Gasteiger partial charge >= 0.3 is 28.0 Å². The predicted octanol–water partition coefficient (Wildman–Crippen LogP) is 6.02. The Bertz CT molecular complexity index is 689. The van der Waals surface area contributed by atoms with Crippen molar-refractivity contribution in [3.05, 3.63) is 0 Å². The van der Waals surface area contributed by atoms with Gasteiger partial charge in [0.2, 0.25) is 0 Å². The molecule has 0 N–H and O–H groups in total. The van der Waals surface area contributed by atoms with Gasteiger partial charge in [-0.2, -0.15) is 26.3 Å². The molecule has 0 saturated heterocycles. The van der Waals surface area contributed by atoms with Crippen molar-refractivity contribution in [3.63, 3.8) is 0 Å². The topological polar surface area (TPSA) is 89.5 Å². The maximum absolute atomic E-state index is 12.7. The fourth-order valence-corrected chi connectivity index (χ4v) is 4.35. The summed E-state index contributed by atoms with van der Waals surface area (Å²) in [6, 6.07) is 0. The molecule has 32 heavy (non-hydrogen) atoms. The lowest BCUT2D eigenvalue weighted by Crippen LogP contribution is -2.31. The second kappa shape index (κ2) is 12.7. The van der Waals surface area contributed by atoms with Crippen molar-refractivity contribution in [1.82, 2.24) is 0 Å². The highest BCUT2D eigenvalue weighted by atomic mass is 31.2. The minimum atomic E-state index is -5.33. The minimum Gasteiger partial charge on any atom is -0.284 e. The zero-order valence-electron chi connectivity index (χ0n) is 18.2. The maximum Gasteiger partial charge on any atom is 0.476 e. The van der Waals surface area contributed by atoms with E-state index in [4.69, 9.17) is 13.6 Å². The molecule has 0 rings (SSSR count). The van der Waals surface area contributed by atoms with E-state index < -0.39 is 65.6 Å². The summed E-state index contributed by atoms with van der Waals surface area (Å²) >= 11 is 0. The highest BCUT2D eigenvalue weighted by molar-refractivity contribution is 7.48. The van der Waals surface area contributed by atoms with Crippen molar-refractivity contribution in [1.29, 1.82) is 0 Å². The maximum atomic E-state index is 12.7. The quantitative estimate of drug-likeness (QED) is 0.175. The highest BCUT2D eigenvalue weighted by Gasteiger charge is 2.48. The largest absolute Gasteiger partial charge is 0.476 e. The summed E-state index contributed by atoms with van der Waals surface area (Å²) < 4.78 is 128. The van der Waals surface area contributed by atoms with Crippen LogP contribution >= 0.6 is 15.6 Å². The van der Waals surface area contributed by atoms with Crippen molar-refractivity contribution in [2.45, 2.75) is 78.3 Å². The molecular weight excluding hydrogens is 496 g/mol. The van der Waals surface area contributed by atoms with Crippen molar-refractivity contribution in [2.24, 2.45) is 0 Å². The van der Waals surface area contributed by atoms with Crippen molar-refractivity contribution >= 4 is 15.6 Å². The summed E-state index contributed by atoms with van der Waals surface area (Å²) in [6.45, 7) is 5.60. The van der Waals surface area contributed by atoms with Crippen LogP contribution in [0.5, 0.6) is 0 Å². The summed E-state index contributed by atoms with van der Waals surface area (Å²) in [7, 11) is -9.32. The van der Waals surface area contributed by atoms with Gasteiger partial charge in [0.15, 0.2) is 12.2 Å². The van der Waals surface area contributed by atoms with Gasteiger partial charge in [-0.1, -0.05) is 11.8 Å². The average Bonchev–Trinajstić information content (AvgIpc) is 2.54. The standard InChI is InChI=1S/C16H26F6O8P2/c1-11(2)27-31(23,28-12(3)4)25-9-7-8-10-26-32(24,29-13(5)15(17,18)19)30-14(6)16(20,21)22/h11-14H,9-10H2,1-6H3. The van der Waals surface area contributed by atoms with E-state index in [1.54, 1.807) is 27.7 Å². The summed E-state index contributed by atoms with van der Waals surface area (Å²) in [6.07, 6.45) is -16.6. The summed E-state index contributed by atoms with van der Waals surface area (Å²) in [5.74, 6) is 4.34. The third-order valence-corrected chi connectivity index (χ3v) is 6.29. The van der Waals surface area contributed by atoms with Crippen LogP contribution in [0, 0.1) is 11.8 Å². The lowest BCUT2D eigenvalue weighted by atomic mass is 10.4. The Morgan fingerprint density at radius 2 is 0.906 bits per heavy atom. The molecule has 0 bridgehead atoms. The van der Waals surface area contributed by atoms with E-state index in [1.807, 2.05) is 0 Å². The van der Waals surface area contributed by atoms with E-state index in [9.17, 15) is 35.5 Å². The van der Waals surface area contributed by atoms with Crippen LogP contribution in [-0.2, 0) is 36.3 Å². The van der Waals surface area contributed by atoms with Crippen LogP contribution in [0.25, 0.3) is 0 Å². The van der Waals surface area contributed by atoms with Crippen LogP contribution < -0.4 is 0 Å². The predicted molar refractivity (Wildman–Crippen MR) is 101 cm³/mol. The van der Waals surface area contributed by atoms with Gasteiger partial charge in [-0.05, 0) is 41.5 Å². The van der Waals surface area contributed by atoms with Crippen LogP contribution in [-0.4, -0.2) is 50.0 Å². The minimum absolute atomic E-state index is 0.415. The van der Waals surface area contributed by atoms with Gasteiger partial charge in [-0.15, -0.1) is 0 Å². The molecule has 0 aliphatic carbocycles. The van der Waals surface area contributed by atoms with Gasteiger partial charge in [0.25, 0.3) is 0 Å². The molecule has 0 heterocycles. The molecule has 0 radical (unpaired) electrons. The first kappa shape index (κ1) is 31.4. The van der Waals surface area contributed by atoms with Crippen LogP contribution in [0.15, 0.2) is 0 Å². The van der Waals surface area contributed by atoms with Crippen LogP contribution in [0.2, 0.25) is 0 Å². The number of halogens is 6. The number of rotatable bonds is 12. The van der Waals surface area contributed by atoms with E-state index in [0.29, 0.717) is 13.8 Å². The Morgan fingerprint density at radius 1 is 0.625 bits per heavy atom. The number of hydrogen-bond donors (Lipinski definition) is 0. The number of hydrogen-bond acceptors (Lipinski definition) is 8. The van der Waals surface area contributed by atoms with Gasteiger partial charge in [0.05, 0.1) is 12.2 Å². The Morgan fingerprint density at radius 3 is 1.16 bits per heavy atom. The lowest BCUT2D eigenvalue weighted by molar-refractivity contribution is -0.209. The number of phosphoric ester groups is 2. The molecule has 0 saturated carbocycles. The second-order valence-corrected chi connectivity index (χ2v) is 9.83. The molecule has 0 amide bonds. The molecule has 2 atom stereocenters. The Balaban J connectivity index is 5.15. The average molecular weight is 522 g/mol. The molecular formula is C16H26F6O8P2.